The topological polar surface area (TPSA) is 67.8 Å². The quantitative estimate of drug-likeness (QED) is 0.277. The van der Waals surface area contributed by atoms with Crippen LogP contribution >= 0.6 is 0 Å². The molecule has 0 saturated heterocycles. The van der Waals surface area contributed by atoms with Gasteiger partial charge in [0.25, 0.3) is 0 Å². The molecular weight excluding hydrogens is 412 g/mol. The highest BCUT2D eigenvalue weighted by Gasteiger charge is 2.62. The van der Waals surface area contributed by atoms with Crippen molar-refractivity contribution in [2.75, 3.05) is 0 Å². The second-order valence-electron chi connectivity index (χ2n) is 11.3. The van der Waals surface area contributed by atoms with Crippen molar-refractivity contribution in [1.29, 1.82) is 0 Å². The first kappa shape index (κ1) is 21.9. The minimum atomic E-state index is -0.329. The molecule has 2 aromatic rings. The predicted octanol–water partition coefficient (Wildman–Crippen LogP) is 5.73. The largest absolute Gasteiger partial charge is 0.427 e. The van der Waals surface area contributed by atoms with Crippen molar-refractivity contribution in [3.63, 3.8) is 0 Å². The lowest BCUT2D eigenvalue weighted by Gasteiger charge is -2.64. The lowest BCUT2D eigenvalue weighted by atomic mass is 9.40. The van der Waals surface area contributed by atoms with Gasteiger partial charge in [0.15, 0.2) is 0 Å². The van der Waals surface area contributed by atoms with Crippen molar-refractivity contribution < 1.29 is 14.3 Å². The van der Waals surface area contributed by atoms with Gasteiger partial charge in [0.2, 0.25) is 5.91 Å². The second kappa shape index (κ2) is 7.82. The van der Waals surface area contributed by atoms with Gasteiger partial charge in [-0.2, -0.15) is 5.10 Å². The summed E-state index contributed by atoms with van der Waals surface area (Å²) in [7, 11) is 0. The molecule has 0 spiro atoms. The zero-order chi connectivity index (χ0) is 23.3. The molecule has 0 aliphatic heterocycles. The Kier molecular flexibility index (Phi) is 5.19. The number of nitrogens with one attached hydrogen (secondary N) is 1. The molecule has 1 amide bonds. The number of benzene rings is 2. The van der Waals surface area contributed by atoms with Crippen molar-refractivity contribution in [1.82, 2.24) is 5.43 Å². The summed E-state index contributed by atoms with van der Waals surface area (Å²) in [6.07, 6.45) is 8.55. The summed E-state index contributed by atoms with van der Waals surface area (Å²) >= 11 is 0. The van der Waals surface area contributed by atoms with Gasteiger partial charge in [-0.05, 0) is 84.1 Å². The van der Waals surface area contributed by atoms with Crippen LogP contribution in [0.5, 0.6) is 5.75 Å². The molecule has 5 heteroatoms. The number of rotatable bonds is 5. The summed E-state index contributed by atoms with van der Waals surface area (Å²) in [5.41, 5.74) is 6.27. The van der Waals surface area contributed by atoms with Crippen LogP contribution in [0.3, 0.4) is 0 Å². The van der Waals surface area contributed by atoms with Crippen LogP contribution in [0.1, 0.15) is 64.9 Å². The maximum Gasteiger partial charge on any atom is 0.308 e. The summed E-state index contributed by atoms with van der Waals surface area (Å²) in [6.45, 7) is 6.15. The van der Waals surface area contributed by atoms with E-state index in [0.29, 0.717) is 22.5 Å². The third-order valence-corrected chi connectivity index (χ3v) is 7.85. The summed E-state index contributed by atoms with van der Waals surface area (Å²) in [5.74, 6) is 0.990. The van der Waals surface area contributed by atoms with Gasteiger partial charge in [-0.3, -0.25) is 9.59 Å². The highest BCUT2D eigenvalue weighted by atomic mass is 16.5. The van der Waals surface area contributed by atoms with Crippen LogP contribution in [-0.2, 0) is 9.59 Å². The van der Waals surface area contributed by atoms with E-state index < -0.39 is 0 Å². The van der Waals surface area contributed by atoms with Gasteiger partial charge in [-0.15, -0.1) is 0 Å². The number of hydrazone groups is 1. The van der Waals surface area contributed by atoms with E-state index >= 15 is 0 Å². The number of hydrogen-bond donors (Lipinski definition) is 1. The highest BCUT2D eigenvalue weighted by molar-refractivity contribution is 5.86. The van der Waals surface area contributed by atoms with E-state index in [1.54, 1.807) is 18.3 Å². The number of carbonyl (C=O) groups is 2. The van der Waals surface area contributed by atoms with Gasteiger partial charge < -0.3 is 4.74 Å². The lowest BCUT2D eigenvalue weighted by Crippen LogP contribution is -2.59. The van der Waals surface area contributed by atoms with Gasteiger partial charge >= 0.3 is 5.97 Å². The van der Waals surface area contributed by atoms with Crippen LogP contribution in [0, 0.1) is 22.2 Å². The summed E-state index contributed by atoms with van der Waals surface area (Å²) in [5, 5.41) is 4.31. The molecule has 4 fully saturated rings. The number of nitrogens with zero attached hydrogens (tertiary/aromatic N) is 1. The fourth-order valence-corrected chi connectivity index (χ4v) is 7.63. The van der Waals surface area contributed by atoms with Crippen LogP contribution in [0.25, 0.3) is 11.1 Å². The third kappa shape index (κ3) is 4.33. The zero-order valence-electron chi connectivity index (χ0n) is 19.7. The Labute approximate surface area is 195 Å². The Morgan fingerprint density at radius 1 is 0.909 bits per heavy atom. The molecule has 6 rings (SSSR count). The van der Waals surface area contributed by atoms with E-state index in [1.165, 1.54) is 26.2 Å². The second-order valence-corrected chi connectivity index (χ2v) is 11.3. The fourth-order valence-electron chi connectivity index (χ4n) is 7.63. The van der Waals surface area contributed by atoms with Crippen molar-refractivity contribution in [2.24, 2.45) is 27.3 Å². The SMILES string of the molecule is CC(=O)Oc1ccc(-c2ccc(C=NNC(=O)C34CC5CC(C)(CC(C)(C5)C3)C4)cc2)cc1. The summed E-state index contributed by atoms with van der Waals surface area (Å²) in [4.78, 5) is 24.3. The van der Waals surface area contributed by atoms with Crippen molar-refractivity contribution in [3.05, 3.63) is 54.1 Å². The standard InChI is InChI=1S/C28H32N2O3/c1-19(31)33-24-10-8-23(9-11-24)22-6-4-20(5-7-22)15-29-30-25(32)28-14-21-12-26(2,17-28)16-27(3,13-21)18-28/h4-11,15,21H,12-14,16-18H2,1-3H3,(H,30,32). The van der Waals surface area contributed by atoms with E-state index in [0.717, 1.165) is 36.0 Å². The minimum absolute atomic E-state index is 0.102. The number of esters is 1. The minimum Gasteiger partial charge on any atom is -0.427 e. The van der Waals surface area contributed by atoms with E-state index in [1.807, 2.05) is 36.4 Å². The van der Waals surface area contributed by atoms with Crippen LogP contribution in [-0.4, -0.2) is 18.1 Å². The Morgan fingerprint density at radius 2 is 1.48 bits per heavy atom. The van der Waals surface area contributed by atoms with E-state index in [9.17, 15) is 9.59 Å². The first-order valence-corrected chi connectivity index (χ1v) is 11.9. The van der Waals surface area contributed by atoms with E-state index in [4.69, 9.17) is 4.74 Å². The van der Waals surface area contributed by atoms with Gasteiger partial charge in [0.1, 0.15) is 5.75 Å². The smallest absolute Gasteiger partial charge is 0.308 e. The van der Waals surface area contributed by atoms with Crippen LogP contribution < -0.4 is 10.2 Å². The average Bonchev–Trinajstić information content (AvgIpc) is 2.72. The molecule has 0 heterocycles. The van der Waals surface area contributed by atoms with Gasteiger partial charge in [-0.25, -0.2) is 5.43 Å². The average molecular weight is 445 g/mol. The molecule has 33 heavy (non-hydrogen) atoms. The molecule has 172 valence electrons. The fraction of sp³-hybridized carbons (Fsp3) is 0.464. The first-order valence-electron chi connectivity index (χ1n) is 11.9. The predicted molar refractivity (Wildman–Crippen MR) is 129 cm³/mol. The molecule has 4 aliphatic rings. The normalized spacial score (nSPS) is 32.2. The summed E-state index contributed by atoms with van der Waals surface area (Å²) < 4.78 is 5.08. The van der Waals surface area contributed by atoms with Crippen LogP contribution in [0.4, 0.5) is 0 Å². The Hall–Kier alpha value is -2.95. The number of ether oxygens (including phenoxy) is 1. The molecular formula is C28H32N2O3. The molecule has 2 aromatic carbocycles. The first-order chi connectivity index (χ1) is 15.7. The number of amides is 1. The maximum atomic E-state index is 13.2. The molecule has 4 bridgehead atoms. The van der Waals surface area contributed by atoms with Gasteiger partial charge in [0.05, 0.1) is 11.6 Å². The number of carbonyl (C=O) groups excluding carboxylic acids is 2. The Bertz CT molecular complexity index is 1080. The van der Waals surface area contributed by atoms with Gasteiger partial charge in [-0.1, -0.05) is 50.2 Å². The monoisotopic (exact) mass is 444 g/mol. The molecule has 2 unspecified atom stereocenters. The number of hydrogen-bond acceptors (Lipinski definition) is 4. The van der Waals surface area contributed by atoms with Crippen LogP contribution in [0.15, 0.2) is 53.6 Å². The molecule has 0 radical (unpaired) electrons. The summed E-state index contributed by atoms with van der Waals surface area (Å²) in [6, 6.07) is 15.4. The van der Waals surface area contributed by atoms with Gasteiger partial charge in [0, 0.05) is 6.92 Å². The zero-order valence-corrected chi connectivity index (χ0v) is 19.7. The highest BCUT2D eigenvalue weighted by Crippen LogP contribution is 2.69. The van der Waals surface area contributed by atoms with E-state index in [2.05, 4.69) is 24.4 Å². The molecule has 2 atom stereocenters. The maximum absolute atomic E-state index is 13.2. The Morgan fingerprint density at radius 3 is 2.03 bits per heavy atom. The lowest BCUT2D eigenvalue weighted by molar-refractivity contribution is -0.170. The Balaban J connectivity index is 1.22. The molecule has 5 nitrogen and oxygen atoms in total. The van der Waals surface area contributed by atoms with Crippen molar-refractivity contribution in [2.45, 2.75) is 59.3 Å². The van der Waals surface area contributed by atoms with E-state index in [-0.39, 0.29) is 17.3 Å². The molecule has 1 N–H and O–H groups in total. The van der Waals surface area contributed by atoms with Crippen molar-refractivity contribution in [3.8, 4) is 16.9 Å². The molecule has 0 aromatic heterocycles. The molecule has 4 saturated carbocycles. The van der Waals surface area contributed by atoms with Crippen molar-refractivity contribution >= 4 is 18.1 Å². The molecule has 4 aliphatic carbocycles. The third-order valence-electron chi connectivity index (χ3n) is 7.85. The van der Waals surface area contributed by atoms with Crippen LogP contribution in [0.2, 0.25) is 0 Å².